The zero-order valence-corrected chi connectivity index (χ0v) is 12.2. The number of halogens is 2. The van der Waals surface area contributed by atoms with Crippen LogP contribution in [0.3, 0.4) is 0 Å². The number of hydrogen-bond acceptors (Lipinski definition) is 3. The molecule has 0 fully saturated rings. The highest BCUT2D eigenvalue weighted by molar-refractivity contribution is 14.1. The molecule has 0 aliphatic carbocycles. The van der Waals surface area contributed by atoms with Gasteiger partial charge in [-0.15, -0.1) is 0 Å². The van der Waals surface area contributed by atoms with Crippen LogP contribution in [0.2, 0.25) is 0 Å². The molecule has 0 saturated carbocycles. The van der Waals surface area contributed by atoms with E-state index in [2.05, 4.69) is 9.71 Å². The second-order valence-corrected chi connectivity index (χ2v) is 6.29. The van der Waals surface area contributed by atoms with Gasteiger partial charge in [-0.1, -0.05) is 6.07 Å². The Bertz CT molecular complexity index is 684. The fourth-order valence-electron chi connectivity index (χ4n) is 1.31. The first kappa shape index (κ1) is 13.3. The number of anilines is 1. The smallest absolute Gasteiger partial charge is 0.280 e. The maximum absolute atomic E-state index is 13.3. The third-order valence-corrected chi connectivity index (χ3v) is 4.50. The van der Waals surface area contributed by atoms with Gasteiger partial charge >= 0.3 is 0 Å². The first-order chi connectivity index (χ1) is 8.40. The zero-order valence-electron chi connectivity index (χ0n) is 9.26. The normalized spacial score (nSPS) is 11.5. The zero-order chi connectivity index (χ0) is 13.3. The predicted octanol–water partition coefficient (Wildman–Crippen LogP) is 1.96. The van der Waals surface area contributed by atoms with Crippen molar-refractivity contribution in [3.8, 4) is 0 Å². The third-order valence-electron chi connectivity index (χ3n) is 2.15. The van der Waals surface area contributed by atoms with E-state index in [1.54, 1.807) is 29.6 Å². The van der Waals surface area contributed by atoms with Crippen LogP contribution >= 0.6 is 22.6 Å². The Kier molecular flexibility index (Phi) is 3.57. The monoisotopic (exact) mass is 381 g/mol. The van der Waals surface area contributed by atoms with Crippen LogP contribution < -0.4 is 4.72 Å². The standard InChI is InChI=1S/C10H9FIN3O2S/c1-15-5-9(13-6-15)18(16,17)14-8-4-2-3-7(11)10(8)12/h2-6,14H,1H3. The van der Waals surface area contributed by atoms with Crippen LogP contribution in [0, 0.1) is 9.39 Å². The van der Waals surface area contributed by atoms with Crippen LogP contribution in [0.15, 0.2) is 35.7 Å². The average Bonchev–Trinajstić information content (AvgIpc) is 2.72. The number of aromatic nitrogens is 2. The van der Waals surface area contributed by atoms with Crippen LogP contribution in [-0.4, -0.2) is 18.0 Å². The highest BCUT2D eigenvalue weighted by Crippen LogP contribution is 2.23. The summed E-state index contributed by atoms with van der Waals surface area (Å²) in [4.78, 5) is 3.75. The number of aryl methyl sites for hydroxylation is 1. The molecule has 1 aromatic carbocycles. The lowest BCUT2D eigenvalue weighted by atomic mass is 10.3. The third kappa shape index (κ3) is 2.64. The molecule has 96 valence electrons. The Morgan fingerprint density at radius 1 is 1.44 bits per heavy atom. The lowest BCUT2D eigenvalue weighted by molar-refractivity contribution is 0.597. The van der Waals surface area contributed by atoms with Crippen molar-refractivity contribution in [2.24, 2.45) is 7.05 Å². The van der Waals surface area contributed by atoms with E-state index in [9.17, 15) is 12.8 Å². The number of imidazole rings is 1. The van der Waals surface area contributed by atoms with Gasteiger partial charge in [-0.25, -0.2) is 9.37 Å². The molecule has 2 aromatic rings. The lowest BCUT2D eigenvalue weighted by Crippen LogP contribution is -2.14. The second-order valence-electron chi connectivity index (χ2n) is 3.58. The average molecular weight is 381 g/mol. The van der Waals surface area contributed by atoms with E-state index >= 15 is 0 Å². The van der Waals surface area contributed by atoms with Crippen molar-refractivity contribution in [1.82, 2.24) is 9.55 Å². The van der Waals surface area contributed by atoms with E-state index < -0.39 is 15.8 Å². The number of sulfonamides is 1. The van der Waals surface area contributed by atoms with Crippen molar-refractivity contribution in [1.29, 1.82) is 0 Å². The molecule has 0 unspecified atom stereocenters. The molecule has 2 rings (SSSR count). The SMILES string of the molecule is Cn1cnc(S(=O)(=O)Nc2cccc(F)c2I)c1. The van der Waals surface area contributed by atoms with Crippen molar-refractivity contribution in [2.45, 2.75) is 5.03 Å². The van der Waals surface area contributed by atoms with E-state index in [-0.39, 0.29) is 14.3 Å². The largest absolute Gasteiger partial charge is 0.339 e. The Balaban J connectivity index is 2.37. The summed E-state index contributed by atoms with van der Waals surface area (Å²) < 4.78 is 41.3. The number of rotatable bonds is 3. The maximum Gasteiger partial charge on any atom is 0.280 e. The summed E-state index contributed by atoms with van der Waals surface area (Å²) in [5.41, 5.74) is 0.196. The quantitative estimate of drug-likeness (QED) is 0.827. The molecule has 0 aliphatic heterocycles. The van der Waals surface area contributed by atoms with Gasteiger partial charge in [0.05, 0.1) is 15.6 Å². The summed E-state index contributed by atoms with van der Waals surface area (Å²) in [6.45, 7) is 0. The van der Waals surface area contributed by atoms with E-state index in [0.29, 0.717) is 0 Å². The van der Waals surface area contributed by atoms with E-state index in [4.69, 9.17) is 0 Å². The summed E-state index contributed by atoms with van der Waals surface area (Å²) in [6, 6.07) is 4.19. The Labute approximate surface area is 117 Å². The highest BCUT2D eigenvalue weighted by atomic mass is 127. The molecule has 0 spiro atoms. The van der Waals surface area contributed by atoms with Gasteiger partial charge in [0, 0.05) is 13.2 Å². The summed E-state index contributed by atoms with van der Waals surface area (Å²) >= 11 is 1.74. The number of benzene rings is 1. The minimum absolute atomic E-state index is 0.106. The van der Waals surface area contributed by atoms with Crippen molar-refractivity contribution in [3.05, 3.63) is 40.1 Å². The molecule has 5 nitrogen and oxygen atoms in total. The molecule has 0 saturated heterocycles. The Morgan fingerprint density at radius 2 is 2.17 bits per heavy atom. The molecule has 8 heteroatoms. The molecular weight excluding hydrogens is 372 g/mol. The van der Waals surface area contributed by atoms with Gasteiger partial charge in [-0.2, -0.15) is 8.42 Å². The Hall–Kier alpha value is -1.16. The van der Waals surface area contributed by atoms with Crippen LogP contribution in [0.1, 0.15) is 0 Å². The van der Waals surface area contributed by atoms with Crippen molar-refractivity contribution in [2.75, 3.05) is 4.72 Å². The molecule has 0 atom stereocenters. The number of hydrogen-bond donors (Lipinski definition) is 1. The molecule has 0 bridgehead atoms. The Morgan fingerprint density at radius 3 is 2.78 bits per heavy atom. The first-order valence-corrected chi connectivity index (χ1v) is 7.41. The lowest BCUT2D eigenvalue weighted by Gasteiger charge is -2.08. The van der Waals surface area contributed by atoms with Crippen LogP contribution in [0.4, 0.5) is 10.1 Å². The highest BCUT2D eigenvalue weighted by Gasteiger charge is 2.19. The molecule has 18 heavy (non-hydrogen) atoms. The molecular formula is C10H9FIN3O2S. The fourth-order valence-corrected chi connectivity index (χ4v) is 3.04. The molecule has 0 amide bonds. The van der Waals surface area contributed by atoms with Crippen LogP contribution in [-0.2, 0) is 17.1 Å². The topological polar surface area (TPSA) is 64.0 Å². The van der Waals surface area contributed by atoms with E-state index in [1.807, 2.05) is 0 Å². The summed E-state index contributed by atoms with van der Waals surface area (Å²) in [7, 11) is -2.12. The summed E-state index contributed by atoms with van der Waals surface area (Å²) in [6.07, 6.45) is 2.75. The van der Waals surface area contributed by atoms with E-state index in [1.165, 1.54) is 35.3 Å². The summed E-state index contributed by atoms with van der Waals surface area (Å²) in [5.74, 6) is -0.475. The number of nitrogens with one attached hydrogen (secondary N) is 1. The summed E-state index contributed by atoms with van der Waals surface area (Å²) in [5, 5.41) is -0.106. The minimum Gasteiger partial charge on any atom is -0.339 e. The predicted molar refractivity (Wildman–Crippen MR) is 73.1 cm³/mol. The number of nitrogens with zero attached hydrogens (tertiary/aromatic N) is 2. The van der Waals surface area contributed by atoms with E-state index in [0.717, 1.165) is 0 Å². The first-order valence-electron chi connectivity index (χ1n) is 4.85. The van der Waals surface area contributed by atoms with Gasteiger partial charge in [0.2, 0.25) is 0 Å². The van der Waals surface area contributed by atoms with Gasteiger partial charge in [-0.3, -0.25) is 4.72 Å². The minimum atomic E-state index is -3.79. The van der Waals surface area contributed by atoms with Gasteiger partial charge in [0.1, 0.15) is 5.82 Å². The molecule has 0 aliphatic rings. The molecule has 1 N–H and O–H groups in total. The van der Waals surface area contributed by atoms with Gasteiger partial charge in [0.25, 0.3) is 10.0 Å². The van der Waals surface area contributed by atoms with Gasteiger partial charge in [-0.05, 0) is 34.7 Å². The van der Waals surface area contributed by atoms with Crippen LogP contribution in [0.5, 0.6) is 0 Å². The molecule has 1 aromatic heterocycles. The molecule has 1 heterocycles. The van der Waals surface area contributed by atoms with Crippen molar-refractivity contribution in [3.63, 3.8) is 0 Å². The second kappa shape index (κ2) is 4.84. The van der Waals surface area contributed by atoms with Crippen LogP contribution in [0.25, 0.3) is 0 Å². The molecule has 0 radical (unpaired) electrons. The van der Waals surface area contributed by atoms with Gasteiger partial charge < -0.3 is 4.57 Å². The van der Waals surface area contributed by atoms with Gasteiger partial charge in [0.15, 0.2) is 5.03 Å². The van der Waals surface area contributed by atoms with Crippen molar-refractivity contribution >= 4 is 38.3 Å². The fraction of sp³-hybridized carbons (Fsp3) is 0.100. The van der Waals surface area contributed by atoms with Crippen molar-refractivity contribution < 1.29 is 12.8 Å². The maximum atomic E-state index is 13.3.